The fraction of sp³-hybridized carbons (Fsp3) is 0.182. The molecule has 0 saturated heterocycles. The van der Waals surface area contributed by atoms with E-state index >= 15 is 0 Å². The summed E-state index contributed by atoms with van der Waals surface area (Å²) >= 11 is 3.79. The average Bonchev–Trinajstić information content (AvgIpc) is 2.72. The van der Waals surface area contributed by atoms with Gasteiger partial charge < -0.3 is 18.9 Å². The molecule has 140 valence electrons. The Labute approximate surface area is 167 Å². The van der Waals surface area contributed by atoms with Crippen molar-refractivity contribution in [2.24, 2.45) is 0 Å². The molecule has 5 heteroatoms. The molecule has 0 radical (unpaired) electrons. The molecule has 0 aliphatic heterocycles. The minimum atomic E-state index is 0.735. The molecule has 0 heterocycles. The predicted molar refractivity (Wildman–Crippen MR) is 111 cm³/mol. The quantitative estimate of drug-likeness (QED) is 0.495. The fourth-order valence-corrected chi connectivity index (χ4v) is 3.81. The maximum atomic E-state index is 5.58. The lowest BCUT2D eigenvalue weighted by molar-refractivity contribution is 0.397. The van der Waals surface area contributed by atoms with Crippen LogP contribution in [-0.4, -0.2) is 28.4 Å². The predicted octanol–water partition coefficient (Wildman–Crippen LogP) is 5.82. The highest BCUT2D eigenvalue weighted by atomic mass is 79.9. The van der Waals surface area contributed by atoms with Crippen molar-refractivity contribution in [1.29, 1.82) is 0 Å². The first-order chi connectivity index (χ1) is 13.2. The molecule has 0 aliphatic carbocycles. The van der Waals surface area contributed by atoms with Crippen LogP contribution in [0.1, 0.15) is 0 Å². The molecule has 0 fully saturated rings. The molecule has 0 atom stereocenters. The maximum Gasteiger partial charge on any atom is 0.130 e. The van der Waals surface area contributed by atoms with Crippen molar-refractivity contribution in [2.45, 2.75) is 0 Å². The number of benzene rings is 3. The average molecular weight is 429 g/mol. The molecule has 3 aromatic carbocycles. The van der Waals surface area contributed by atoms with E-state index in [4.69, 9.17) is 18.9 Å². The first-order valence-corrected chi connectivity index (χ1v) is 9.16. The number of methoxy groups -OCH3 is 4. The summed E-state index contributed by atoms with van der Waals surface area (Å²) in [4.78, 5) is 0. The maximum absolute atomic E-state index is 5.58. The van der Waals surface area contributed by atoms with Gasteiger partial charge in [-0.05, 0) is 40.2 Å². The zero-order valence-corrected chi connectivity index (χ0v) is 17.3. The first-order valence-electron chi connectivity index (χ1n) is 8.37. The van der Waals surface area contributed by atoms with Crippen molar-refractivity contribution in [2.75, 3.05) is 28.4 Å². The van der Waals surface area contributed by atoms with Gasteiger partial charge in [0.15, 0.2) is 0 Å². The molecule has 3 rings (SSSR count). The highest BCUT2D eigenvalue weighted by Gasteiger charge is 2.20. The lowest BCUT2D eigenvalue weighted by Crippen LogP contribution is -1.96. The second-order valence-corrected chi connectivity index (χ2v) is 6.54. The monoisotopic (exact) mass is 428 g/mol. The van der Waals surface area contributed by atoms with Crippen LogP contribution in [0.2, 0.25) is 0 Å². The molecule has 0 unspecified atom stereocenters. The van der Waals surface area contributed by atoms with Gasteiger partial charge in [-0.1, -0.05) is 30.3 Å². The van der Waals surface area contributed by atoms with Crippen molar-refractivity contribution in [3.63, 3.8) is 0 Å². The standard InChI is InChI=1S/C22H21BrO4/c1-24-16-10-6-11-17(25-2)20(16)14-8-5-9-15(22(14)23)21-18(26-3)12-7-13-19(21)27-4/h5-13H,1-4H3. The van der Waals surface area contributed by atoms with Crippen molar-refractivity contribution < 1.29 is 18.9 Å². The van der Waals surface area contributed by atoms with Crippen LogP contribution in [0.3, 0.4) is 0 Å². The number of ether oxygens (including phenoxy) is 4. The van der Waals surface area contributed by atoms with Gasteiger partial charge in [-0.2, -0.15) is 0 Å². The molecule has 3 aromatic rings. The van der Waals surface area contributed by atoms with Gasteiger partial charge >= 0.3 is 0 Å². The van der Waals surface area contributed by atoms with Crippen LogP contribution in [0, 0.1) is 0 Å². The third-order valence-electron chi connectivity index (χ3n) is 4.39. The molecule has 0 aliphatic rings. The number of hydrogen-bond donors (Lipinski definition) is 0. The molecular formula is C22H21BrO4. The zero-order chi connectivity index (χ0) is 19.4. The Hall–Kier alpha value is -2.66. The van der Waals surface area contributed by atoms with E-state index in [1.165, 1.54) is 0 Å². The van der Waals surface area contributed by atoms with Gasteiger partial charge in [0.2, 0.25) is 0 Å². The molecule has 27 heavy (non-hydrogen) atoms. The molecular weight excluding hydrogens is 408 g/mol. The van der Waals surface area contributed by atoms with Gasteiger partial charge in [-0.15, -0.1) is 0 Å². The van der Waals surface area contributed by atoms with E-state index in [-0.39, 0.29) is 0 Å². The number of rotatable bonds is 6. The van der Waals surface area contributed by atoms with Gasteiger partial charge in [-0.3, -0.25) is 0 Å². The SMILES string of the molecule is COc1cccc(OC)c1-c1cccc(-c2c(OC)cccc2OC)c1Br. The molecule has 0 saturated carbocycles. The molecule has 0 amide bonds. The molecule has 0 bridgehead atoms. The highest BCUT2D eigenvalue weighted by molar-refractivity contribution is 9.10. The summed E-state index contributed by atoms with van der Waals surface area (Å²) in [7, 11) is 6.61. The van der Waals surface area contributed by atoms with E-state index in [2.05, 4.69) is 15.9 Å². The highest BCUT2D eigenvalue weighted by Crippen LogP contribution is 2.48. The summed E-state index contributed by atoms with van der Waals surface area (Å²) in [6.45, 7) is 0. The van der Waals surface area contributed by atoms with Gasteiger partial charge in [0, 0.05) is 15.6 Å². The van der Waals surface area contributed by atoms with E-state index in [9.17, 15) is 0 Å². The van der Waals surface area contributed by atoms with Gasteiger partial charge in [0.05, 0.1) is 39.6 Å². The molecule has 4 nitrogen and oxygen atoms in total. The Morgan fingerprint density at radius 3 is 1.11 bits per heavy atom. The Kier molecular flexibility index (Phi) is 5.91. The zero-order valence-electron chi connectivity index (χ0n) is 15.7. The summed E-state index contributed by atoms with van der Waals surface area (Å²) in [5.41, 5.74) is 3.67. The fourth-order valence-electron chi connectivity index (χ4n) is 3.15. The minimum absolute atomic E-state index is 0.735. The van der Waals surface area contributed by atoms with Crippen LogP contribution in [-0.2, 0) is 0 Å². The second-order valence-electron chi connectivity index (χ2n) is 5.74. The third kappa shape index (κ3) is 3.47. The van der Waals surface area contributed by atoms with Crippen LogP contribution in [0.25, 0.3) is 22.3 Å². The van der Waals surface area contributed by atoms with Crippen LogP contribution in [0.5, 0.6) is 23.0 Å². The van der Waals surface area contributed by atoms with Crippen molar-refractivity contribution in [3.05, 3.63) is 59.1 Å². The van der Waals surface area contributed by atoms with E-state index in [0.717, 1.165) is 49.7 Å². The summed E-state index contributed by atoms with van der Waals surface area (Å²) in [5, 5.41) is 0. The van der Waals surface area contributed by atoms with E-state index < -0.39 is 0 Å². The van der Waals surface area contributed by atoms with Crippen molar-refractivity contribution in [1.82, 2.24) is 0 Å². The van der Waals surface area contributed by atoms with E-state index in [1.54, 1.807) is 28.4 Å². The Bertz CT molecular complexity index is 835. The Morgan fingerprint density at radius 1 is 0.519 bits per heavy atom. The van der Waals surface area contributed by atoms with E-state index in [0.29, 0.717) is 0 Å². The first kappa shape index (κ1) is 19.1. The van der Waals surface area contributed by atoms with Crippen LogP contribution >= 0.6 is 15.9 Å². The topological polar surface area (TPSA) is 36.9 Å². The Morgan fingerprint density at radius 2 is 0.815 bits per heavy atom. The largest absolute Gasteiger partial charge is 0.496 e. The second kappa shape index (κ2) is 8.35. The van der Waals surface area contributed by atoms with Crippen LogP contribution < -0.4 is 18.9 Å². The normalized spacial score (nSPS) is 10.4. The lowest BCUT2D eigenvalue weighted by Gasteiger charge is -2.18. The summed E-state index contributed by atoms with van der Waals surface area (Å²) in [6, 6.07) is 17.5. The van der Waals surface area contributed by atoms with Gasteiger partial charge in [0.1, 0.15) is 23.0 Å². The van der Waals surface area contributed by atoms with E-state index in [1.807, 2.05) is 54.6 Å². The summed E-state index contributed by atoms with van der Waals surface area (Å²) in [6.07, 6.45) is 0. The Balaban J connectivity index is 2.30. The number of hydrogen-bond acceptors (Lipinski definition) is 4. The number of halogens is 1. The summed E-state index contributed by atoms with van der Waals surface area (Å²) < 4.78 is 23.2. The van der Waals surface area contributed by atoms with Gasteiger partial charge in [-0.25, -0.2) is 0 Å². The summed E-state index contributed by atoms with van der Waals surface area (Å²) in [5.74, 6) is 2.94. The lowest BCUT2D eigenvalue weighted by atomic mass is 9.96. The molecule has 0 aromatic heterocycles. The third-order valence-corrected chi connectivity index (χ3v) is 5.25. The van der Waals surface area contributed by atoms with Gasteiger partial charge in [0.25, 0.3) is 0 Å². The van der Waals surface area contributed by atoms with Crippen LogP contribution in [0.4, 0.5) is 0 Å². The molecule has 0 spiro atoms. The minimum Gasteiger partial charge on any atom is -0.496 e. The van der Waals surface area contributed by atoms with Crippen molar-refractivity contribution in [3.8, 4) is 45.3 Å². The van der Waals surface area contributed by atoms with Crippen molar-refractivity contribution >= 4 is 15.9 Å². The smallest absolute Gasteiger partial charge is 0.130 e. The van der Waals surface area contributed by atoms with Crippen LogP contribution in [0.15, 0.2) is 59.1 Å². The molecule has 0 N–H and O–H groups in total.